The fraction of sp³-hybridized carbons (Fsp3) is 0.118. The van der Waals surface area contributed by atoms with Gasteiger partial charge in [0, 0.05) is 0 Å². The largest absolute Gasteiger partial charge is 0.236 e. The number of nitrogens with zero attached hydrogens (tertiary/aromatic N) is 3. The van der Waals surface area contributed by atoms with Gasteiger partial charge in [-0.05, 0) is 22.3 Å². The Bertz CT molecular complexity index is 659. The first kappa shape index (κ1) is 10.3. The van der Waals surface area contributed by atoms with Gasteiger partial charge in [0.15, 0.2) is 0 Å². The minimum absolute atomic E-state index is 0.184. The Labute approximate surface area is 116 Å². The Morgan fingerprint density at radius 2 is 1.15 bits per heavy atom. The number of benzene rings is 2. The van der Waals surface area contributed by atoms with Gasteiger partial charge in [0.1, 0.15) is 6.33 Å². The molecule has 1 aromatic heterocycles. The maximum atomic E-state index is 4.53. The predicted molar refractivity (Wildman–Crippen MR) is 74.6 cm³/mol. The smallest absolute Gasteiger partial charge is 0.138 e. The molecular weight excluding hydrogens is 246 g/mol. The molecule has 0 spiro atoms. The molecule has 0 N–H and O–H groups in total. The fourth-order valence-electron chi connectivity index (χ4n) is 3.72. The van der Waals surface area contributed by atoms with Gasteiger partial charge in [-0.2, -0.15) is 5.10 Å². The van der Waals surface area contributed by atoms with Crippen molar-refractivity contribution in [1.82, 2.24) is 15.2 Å². The molecule has 6 rings (SSSR count). The zero-order valence-electron chi connectivity index (χ0n) is 10.7. The third-order valence-electron chi connectivity index (χ3n) is 4.46. The van der Waals surface area contributed by atoms with E-state index in [-0.39, 0.29) is 11.8 Å². The van der Waals surface area contributed by atoms with Crippen molar-refractivity contribution in [3.63, 3.8) is 0 Å². The standard InChI is InChI=1S/C17H11N3/c1-3-7-12-10(5-1)14-11-6-2-4-8-13(11)15(12)17-16(14)18-9-19-20-17/h1-9,14-15H. The van der Waals surface area contributed by atoms with E-state index in [2.05, 4.69) is 63.7 Å². The Hall–Kier alpha value is -2.55. The van der Waals surface area contributed by atoms with Crippen molar-refractivity contribution in [2.75, 3.05) is 0 Å². The first-order valence-corrected chi connectivity index (χ1v) is 6.80. The van der Waals surface area contributed by atoms with Gasteiger partial charge in [-0.3, -0.25) is 0 Å². The topological polar surface area (TPSA) is 38.7 Å². The molecule has 3 nitrogen and oxygen atoms in total. The van der Waals surface area contributed by atoms with Crippen LogP contribution in [0.25, 0.3) is 0 Å². The van der Waals surface area contributed by atoms with Gasteiger partial charge in [-0.15, -0.1) is 5.10 Å². The molecule has 1 heterocycles. The summed E-state index contributed by atoms with van der Waals surface area (Å²) in [6, 6.07) is 17.3. The van der Waals surface area contributed by atoms with Crippen molar-refractivity contribution < 1.29 is 0 Å². The summed E-state index contributed by atoms with van der Waals surface area (Å²) in [5, 5.41) is 8.39. The maximum Gasteiger partial charge on any atom is 0.138 e. The second-order valence-corrected chi connectivity index (χ2v) is 5.35. The fourth-order valence-corrected chi connectivity index (χ4v) is 3.72. The van der Waals surface area contributed by atoms with Crippen LogP contribution in [-0.4, -0.2) is 15.2 Å². The molecular formula is C17H11N3. The molecule has 20 heavy (non-hydrogen) atoms. The molecule has 0 radical (unpaired) electrons. The van der Waals surface area contributed by atoms with Crippen LogP contribution in [0.1, 0.15) is 45.5 Å². The Morgan fingerprint density at radius 1 is 0.650 bits per heavy atom. The molecule has 0 amide bonds. The first-order chi connectivity index (χ1) is 9.95. The average molecular weight is 257 g/mol. The highest BCUT2D eigenvalue weighted by molar-refractivity contribution is 5.64. The van der Waals surface area contributed by atoms with Crippen molar-refractivity contribution in [2.24, 2.45) is 0 Å². The first-order valence-electron chi connectivity index (χ1n) is 6.80. The molecule has 3 aliphatic rings. The predicted octanol–water partition coefficient (Wildman–Crippen LogP) is 2.86. The number of hydrogen-bond acceptors (Lipinski definition) is 3. The molecule has 2 aromatic carbocycles. The molecule has 3 heteroatoms. The van der Waals surface area contributed by atoms with Crippen LogP contribution >= 0.6 is 0 Å². The second-order valence-electron chi connectivity index (χ2n) is 5.35. The summed E-state index contributed by atoms with van der Waals surface area (Å²) in [5.74, 6) is 0.390. The maximum absolute atomic E-state index is 4.53. The molecule has 0 atom stereocenters. The van der Waals surface area contributed by atoms with Gasteiger partial charge in [0.25, 0.3) is 0 Å². The van der Waals surface area contributed by atoms with Crippen LogP contribution in [-0.2, 0) is 0 Å². The highest BCUT2D eigenvalue weighted by atomic mass is 15.1. The Balaban J connectivity index is 1.93. The van der Waals surface area contributed by atoms with Crippen molar-refractivity contribution in [3.8, 4) is 0 Å². The van der Waals surface area contributed by atoms with Gasteiger partial charge in [-0.25, -0.2) is 4.98 Å². The molecule has 0 fully saturated rings. The van der Waals surface area contributed by atoms with Crippen LogP contribution in [0.4, 0.5) is 0 Å². The molecule has 2 bridgehead atoms. The Kier molecular flexibility index (Phi) is 1.80. The minimum Gasteiger partial charge on any atom is -0.236 e. The molecule has 3 aliphatic carbocycles. The summed E-state index contributed by atoms with van der Waals surface area (Å²) >= 11 is 0. The molecule has 3 aromatic rings. The van der Waals surface area contributed by atoms with Gasteiger partial charge in [0.2, 0.25) is 0 Å². The highest BCUT2D eigenvalue weighted by Gasteiger charge is 2.43. The third-order valence-corrected chi connectivity index (χ3v) is 4.46. The number of aromatic nitrogens is 3. The summed E-state index contributed by atoms with van der Waals surface area (Å²) in [7, 11) is 0. The van der Waals surface area contributed by atoms with Crippen molar-refractivity contribution in [1.29, 1.82) is 0 Å². The van der Waals surface area contributed by atoms with Crippen LogP contribution in [0, 0.1) is 0 Å². The number of hydrogen-bond donors (Lipinski definition) is 0. The quantitative estimate of drug-likeness (QED) is 0.428. The van der Waals surface area contributed by atoms with Crippen LogP contribution in [0.15, 0.2) is 54.9 Å². The van der Waals surface area contributed by atoms with E-state index in [1.54, 1.807) is 6.33 Å². The van der Waals surface area contributed by atoms with Gasteiger partial charge in [0.05, 0.1) is 23.2 Å². The van der Waals surface area contributed by atoms with Crippen molar-refractivity contribution in [3.05, 3.63) is 88.5 Å². The lowest BCUT2D eigenvalue weighted by Gasteiger charge is -2.39. The lowest BCUT2D eigenvalue weighted by atomic mass is 9.64. The lowest BCUT2D eigenvalue weighted by molar-refractivity contribution is 0.673. The molecule has 0 saturated carbocycles. The average Bonchev–Trinajstić information content (AvgIpc) is 2.54. The monoisotopic (exact) mass is 257 g/mol. The van der Waals surface area contributed by atoms with Crippen molar-refractivity contribution in [2.45, 2.75) is 11.8 Å². The van der Waals surface area contributed by atoms with Crippen LogP contribution < -0.4 is 0 Å². The van der Waals surface area contributed by atoms with Gasteiger partial charge in [-0.1, -0.05) is 48.5 Å². The van der Waals surface area contributed by atoms with E-state index in [4.69, 9.17) is 0 Å². The van der Waals surface area contributed by atoms with Gasteiger partial charge < -0.3 is 0 Å². The van der Waals surface area contributed by atoms with Crippen LogP contribution in [0.3, 0.4) is 0 Å². The summed E-state index contributed by atoms with van der Waals surface area (Å²) in [5.41, 5.74) is 7.53. The summed E-state index contributed by atoms with van der Waals surface area (Å²) in [6.07, 6.45) is 1.56. The van der Waals surface area contributed by atoms with E-state index in [0.29, 0.717) is 0 Å². The SMILES string of the molecule is c1ccc2c(c1)C1c3ccccc3C2c2nncnc21. The van der Waals surface area contributed by atoms with E-state index < -0.39 is 0 Å². The number of rotatable bonds is 0. The summed E-state index contributed by atoms with van der Waals surface area (Å²) < 4.78 is 0. The molecule has 94 valence electrons. The zero-order chi connectivity index (χ0) is 13.1. The van der Waals surface area contributed by atoms with Crippen LogP contribution in [0.5, 0.6) is 0 Å². The van der Waals surface area contributed by atoms with Crippen molar-refractivity contribution >= 4 is 0 Å². The van der Waals surface area contributed by atoms with Gasteiger partial charge >= 0.3 is 0 Å². The normalized spacial score (nSPS) is 21.0. The van der Waals surface area contributed by atoms with Crippen LogP contribution in [0.2, 0.25) is 0 Å². The Morgan fingerprint density at radius 3 is 1.70 bits per heavy atom. The van der Waals surface area contributed by atoms with E-state index in [0.717, 1.165) is 11.4 Å². The lowest BCUT2D eigenvalue weighted by Crippen LogP contribution is -2.29. The summed E-state index contributed by atoms with van der Waals surface area (Å²) in [4.78, 5) is 4.53. The molecule has 0 saturated heterocycles. The minimum atomic E-state index is 0.184. The zero-order valence-corrected chi connectivity index (χ0v) is 10.7. The highest BCUT2D eigenvalue weighted by Crippen LogP contribution is 2.53. The molecule has 0 aliphatic heterocycles. The molecule has 0 unspecified atom stereocenters. The third kappa shape index (κ3) is 1.09. The van der Waals surface area contributed by atoms with E-state index in [9.17, 15) is 0 Å². The second kappa shape index (κ2) is 3.51. The summed E-state index contributed by atoms with van der Waals surface area (Å²) in [6.45, 7) is 0. The van der Waals surface area contributed by atoms with E-state index in [1.807, 2.05) is 0 Å². The van der Waals surface area contributed by atoms with E-state index in [1.165, 1.54) is 22.3 Å². The van der Waals surface area contributed by atoms with E-state index >= 15 is 0 Å².